The Hall–Kier alpha value is -5.06. The summed E-state index contributed by atoms with van der Waals surface area (Å²) in [5.74, 6) is 0.509. The van der Waals surface area contributed by atoms with E-state index in [9.17, 15) is 0 Å². The summed E-state index contributed by atoms with van der Waals surface area (Å²) in [5, 5.41) is 24.0. The monoisotopic (exact) mass is 437 g/mol. The molecule has 0 radical (unpaired) electrons. The summed E-state index contributed by atoms with van der Waals surface area (Å²) in [5.41, 5.74) is 10.8. The van der Waals surface area contributed by atoms with Gasteiger partial charge in [-0.15, -0.1) is 10.2 Å². The fourth-order valence-corrected chi connectivity index (χ4v) is 2.49. The highest BCUT2D eigenvalue weighted by molar-refractivity contribution is 5.46. The van der Waals surface area contributed by atoms with E-state index < -0.39 is 0 Å². The van der Waals surface area contributed by atoms with Crippen molar-refractivity contribution in [2.45, 2.75) is 0 Å². The lowest BCUT2D eigenvalue weighted by Gasteiger charge is -2.00. The molecule has 0 fully saturated rings. The lowest BCUT2D eigenvalue weighted by molar-refractivity contribution is 0.987. The fraction of sp³-hybridized carbons (Fsp3) is 0. The number of anilines is 3. The number of nitrogens with one attached hydrogen (secondary N) is 3. The highest BCUT2D eigenvalue weighted by Crippen LogP contribution is 2.22. The molecule has 162 valence electrons. The summed E-state index contributed by atoms with van der Waals surface area (Å²) in [6.45, 7) is 0. The normalized spacial score (nSPS) is 11.3. The van der Waals surface area contributed by atoms with Crippen molar-refractivity contribution in [2.75, 3.05) is 16.3 Å². The molecule has 0 bridgehead atoms. The molecule has 3 aromatic carbocycles. The van der Waals surface area contributed by atoms with Gasteiger partial charge in [0.05, 0.1) is 17.1 Å². The van der Waals surface area contributed by atoms with Crippen molar-refractivity contribution < 1.29 is 0 Å². The maximum Gasteiger partial charge on any atom is 0.274 e. The van der Waals surface area contributed by atoms with E-state index in [1.165, 1.54) is 6.07 Å². The zero-order valence-corrected chi connectivity index (χ0v) is 17.3. The van der Waals surface area contributed by atoms with E-state index in [-0.39, 0.29) is 17.6 Å². The number of aromatic nitrogens is 2. The number of para-hydroxylation sites is 3. The van der Waals surface area contributed by atoms with Gasteiger partial charge in [0.25, 0.3) is 5.95 Å². The lowest BCUT2D eigenvalue weighted by Crippen LogP contribution is -1.89. The SMILES string of the molecule is c1ccc(NN=Nc2cc(/N=N/Nc3ccccc3)nc(/N=N/Nc3ccccc3)n2)cc1. The summed E-state index contributed by atoms with van der Waals surface area (Å²) in [6.07, 6.45) is 0. The van der Waals surface area contributed by atoms with Crippen LogP contribution in [0.2, 0.25) is 0 Å². The van der Waals surface area contributed by atoms with Gasteiger partial charge in [-0.2, -0.15) is 9.97 Å². The molecule has 0 atom stereocenters. The number of rotatable bonds is 9. The van der Waals surface area contributed by atoms with Gasteiger partial charge in [0.1, 0.15) is 0 Å². The van der Waals surface area contributed by atoms with Crippen LogP contribution in [0.5, 0.6) is 0 Å². The molecule has 0 amide bonds. The van der Waals surface area contributed by atoms with E-state index in [4.69, 9.17) is 0 Å². The van der Waals surface area contributed by atoms with Crippen molar-refractivity contribution in [1.29, 1.82) is 0 Å². The predicted octanol–water partition coefficient (Wildman–Crippen LogP) is 6.81. The molecule has 0 aliphatic carbocycles. The van der Waals surface area contributed by atoms with Gasteiger partial charge >= 0.3 is 0 Å². The van der Waals surface area contributed by atoms with Gasteiger partial charge in [0, 0.05) is 6.07 Å². The van der Waals surface area contributed by atoms with E-state index >= 15 is 0 Å². The van der Waals surface area contributed by atoms with E-state index in [1.807, 2.05) is 91.0 Å². The number of hydrogen-bond donors (Lipinski definition) is 3. The average molecular weight is 437 g/mol. The predicted molar refractivity (Wildman–Crippen MR) is 126 cm³/mol. The molecule has 11 nitrogen and oxygen atoms in total. The Kier molecular flexibility index (Phi) is 7.29. The molecule has 4 aromatic rings. The summed E-state index contributed by atoms with van der Waals surface area (Å²) in [6, 6.07) is 29.7. The van der Waals surface area contributed by atoms with Gasteiger partial charge in [-0.05, 0) is 36.4 Å². The standard InChI is InChI=1S/C22H19N11/c1-4-10-17(11-5-1)25-31-28-20-16-21(29-32-26-18-12-6-2-7-13-18)24-22(23-20)30-33-27-19-14-8-3-9-15-19/h1-16H,(H3,23,24,25,26,27,28,29,30). The summed E-state index contributed by atoms with van der Waals surface area (Å²) in [4.78, 5) is 8.46. The van der Waals surface area contributed by atoms with Gasteiger partial charge in [0.15, 0.2) is 11.6 Å². The molecule has 0 spiro atoms. The Morgan fingerprint density at radius 2 is 0.818 bits per heavy atom. The van der Waals surface area contributed by atoms with Crippen LogP contribution in [0.4, 0.5) is 34.6 Å². The average Bonchev–Trinajstić information content (AvgIpc) is 2.86. The Morgan fingerprint density at radius 3 is 1.21 bits per heavy atom. The second-order valence-corrected chi connectivity index (χ2v) is 6.42. The summed E-state index contributed by atoms with van der Waals surface area (Å²) < 4.78 is 0. The smallest absolute Gasteiger partial charge is 0.260 e. The minimum Gasteiger partial charge on any atom is -0.260 e. The molecular weight excluding hydrogens is 418 g/mol. The van der Waals surface area contributed by atoms with Gasteiger partial charge in [-0.3, -0.25) is 16.3 Å². The lowest BCUT2D eigenvalue weighted by atomic mass is 10.3. The molecule has 0 saturated carbocycles. The van der Waals surface area contributed by atoms with Crippen LogP contribution in [0.3, 0.4) is 0 Å². The molecule has 0 aliphatic rings. The van der Waals surface area contributed by atoms with Crippen LogP contribution in [0, 0.1) is 0 Å². The van der Waals surface area contributed by atoms with Crippen LogP contribution in [-0.4, -0.2) is 9.97 Å². The first-order chi connectivity index (χ1) is 16.3. The summed E-state index contributed by atoms with van der Waals surface area (Å²) >= 11 is 0. The van der Waals surface area contributed by atoms with Crippen molar-refractivity contribution in [3.8, 4) is 0 Å². The molecule has 33 heavy (non-hydrogen) atoms. The van der Waals surface area contributed by atoms with Crippen molar-refractivity contribution in [2.24, 2.45) is 31.0 Å². The molecule has 11 heteroatoms. The fourth-order valence-electron chi connectivity index (χ4n) is 2.49. The van der Waals surface area contributed by atoms with Gasteiger partial charge in [0.2, 0.25) is 0 Å². The van der Waals surface area contributed by atoms with E-state index in [0.717, 1.165) is 17.1 Å². The van der Waals surface area contributed by atoms with Gasteiger partial charge in [-0.25, -0.2) is 0 Å². The summed E-state index contributed by atoms with van der Waals surface area (Å²) in [7, 11) is 0. The minimum atomic E-state index is 0.0447. The van der Waals surface area contributed by atoms with E-state index in [1.54, 1.807) is 0 Å². The van der Waals surface area contributed by atoms with Crippen LogP contribution >= 0.6 is 0 Å². The van der Waals surface area contributed by atoms with Gasteiger partial charge in [-0.1, -0.05) is 75.4 Å². The Bertz CT molecular complexity index is 1060. The highest BCUT2D eigenvalue weighted by atomic mass is 15.5. The highest BCUT2D eigenvalue weighted by Gasteiger charge is 2.04. The first kappa shape index (κ1) is 21.2. The first-order valence-corrected chi connectivity index (χ1v) is 9.90. The Labute approximate surface area is 189 Å². The van der Waals surface area contributed by atoms with Gasteiger partial charge < -0.3 is 0 Å². The quantitative estimate of drug-likeness (QED) is 0.195. The molecule has 3 N–H and O–H groups in total. The Morgan fingerprint density at radius 1 is 0.455 bits per heavy atom. The third-order valence-corrected chi connectivity index (χ3v) is 3.99. The third kappa shape index (κ3) is 7.00. The van der Waals surface area contributed by atoms with Crippen LogP contribution in [0.1, 0.15) is 0 Å². The Balaban J connectivity index is 1.50. The van der Waals surface area contributed by atoms with Crippen molar-refractivity contribution in [3.05, 3.63) is 97.1 Å². The van der Waals surface area contributed by atoms with Crippen molar-refractivity contribution in [1.82, 2.24) is 9.97 Å². The second kappa shape index (κ2) is 11.4. The third-order valence-electron chi connectivity index (χ3n) is 3.99. The molecule has 1 heterocycles. The van der Waals surface area contributed by atoms with Crippen molar-refractivity contribution in [3.63, 3.8) is 0 Å². The molecular formula is C22H19N11. The van der Waals surface area contributed by atoms with E-state index in [2.05, 4.69) is 57.3 Å². The van der Waals surface area contributed by atoms with Crippen LogP contribution in [0.15, 0.2) is 128 Å². The molecule has 0 saturated heterocycles. The largest absolute Gasteiger partial charge is 0.274 e. The minimum absolute atomic E-state index is 0.0447. The maximum absolute atomic E-state index is 4.23. The first-order valence-electron chi connectivity index (χ1n) is 9.90. The van der Waals surface area contributed by atoms with Crippen molar-refractivity contribution >= 4 is 34.6 Å². The molecule has 1 aromatic heterocycles. The topological polar surface area (TPSA) is 136 Å². The number of nitrogens with zero attached hydrogens (tertiary/aromatic N) is 8. The van der Waals surface area contributed by atoms with E-state index in [0.29, 0.717) is 0 Å². The second-order valence-electron chi connectivity index (χ2n) is 6.42. The number of hydrogen-bond acceptors (Lipinski definition) is 8. The molecule has 4 rings (SSSR count). The molecule has 0 unspecified atom stereocenters. The zero-order chi connectivity index (χ0) is 22.6. The zero-order valence-electron chi connectivity index (χ0n) is 17.3. The van der Waals surface area contributed by atoms with Crippen LogP contribution in [-0.2, 0) is 0 Å². The molecule has 0 aliphatic heterocycles. The number of benzene rings is 3. The van der Waals surface area contributed by atoms with Crippen LogP contribution in [0.25, 0.3) is 0 Å². The maximum atomic E-state index is 4.23. The van der Waals surface area contributed by atoms with Crippen LogP contribution < -0.4 is 16.3 Å².